The molecule has 1 aromatic rings. The molecule has 0 atom stereocenters. The van der Waals surface area contributed by atoms with E-state index in [1.807, 2.05) is 20.8 Å². The first-order valence-electron chi connectivity index (χ1n) is 6.15. The third-order valence-corrected chi connectivity index (χ3v) is 2.29. The summed E-state index contributed by atoms with van der Waals surface area (Å²) in [7, 11) is 0. The zero-order chi connectivity index (χ0) is 15.6. The molecule has 7 heteroatoms. The molecule has 0 amide bonds. The van der Waals surface area contributed by atoms with Gasteiger partial charge in [-0.25, -0.2) is 14.8 Å². The highest BCUT2D eigenvalue weighted by Gasteiger charge is 2.38. The maximum atomic E-state index is 13.0. The molecule has 0 radical (unpaired) electrons. The molecule has 0 aliphatic carbocycles. The summed E-state index contributed by atoms with van der Waals surface area (Å²) in [6.07, 6.45) is -3.56. The van der Waals surface area contributed by atoms with E-state index in [1.54, 1.807) is 0 Å². The van der Waals surface area contributed by atoms with Gasteiger partial charge in [0.05, 0.1) is 6.61 Å². The van der Waals surface area contributed by atoms with Crippen LogP contribution >= 0.6 is 0 Å². The SMILES string of the molecule is CCOC(=O)c1cnc(CC(C)(C)C)nc1C(F)(F)F. The number of carbonyl (C=O) groups excluding carboxylic acids is 1. The molecule has 0 N–H and O–H groups in total. The molecule has 0 saturated heterocycles. The zero-order valence-electron chi connectivity index (χ0n) is 11.8. The minimum Gasteiger partial charge on any atom is -0.462 e. The van der Waals surface area contributed by atoms with Gasteiger partial charge in [0.15, 0.2) is 5.69 Å². The summed E-state index contributed by atoms with van der Waals surface area (Å²) in [5, 5.41) is 0. The largest absolute Gasteiger partial charge is 0.462 e. The summed E-state index contributed by atoms with van der Waals surface area (Å²) >= 11 is 0. The molecule has 0 aromatic carbocycles. The van der Waals surface area contributed by atoms with Crippen molar-refractivity contribution < 1.29 is 22.7 Å². The number of hydrogen-bond donors (Lipinski definition) is 0. The van der Waals surface area contributed by atoms with E-state index in [1.165, 1.54) is 6.92 Å². The molecule has 1 rings (SSSR count). The summed E-state index contributed by atoms with van der Waals surface area (Å²) in [4.78, 5) is 18.8. The van der Waals surface area contributed by atoms with Gasteiger partial charge in [0.2, 0.25) is 0 Å². The van der Waals surface area contributed by atoms with Gasteiger partial charge in [-0.3, -0.25) is 0 Å². The minimum absolute atomic E-state index is 0.0140. The van der Waals surface area contributed by atoms with Gasteiger partial charge < -0.3 is 4.74 Å². The number of halogens is 3. The number of aromatic nitrogens is 2. The van der Waals surface area contributed by atoms with Gasteiger partial charge in [0.1, 0.15) is 11.4 Å². The van der Waals surface area contributed by atoms with Crippen LogP contribution in [0.1, 0.15) is 49.6 Å². The second-order valence-electron chi connectivity index (χ2n) is 5.50. The fourth-order valence-electron chi connectivity index (χ4n) is 1.55. The van der Waals surface area contributed by atoms with Crippen LogP contribution in [-0.4, -0.2) is 22.5 Å². The molecule has 0 unspecified atom stereocenters. The Hall–Kier alpha value is -1.66. The number of ether oxygens (including phenoxy) is 1. The van der Waals surface area contributed by atoms with Crippen molar-refractivity contribution >= 4 is 5.97 Å². The topological polar surface area (TPSA) is 52.1 Å². The van der Waals surface area contributed by atoms with Gasteiger partial charge in [0.25, 0.3) is 0 Å². The maximum Gasteiger partial charge on any atom is 0.434 e. The Kier molecular flexibility index (Phi) is 4.73. The lowest BCUT2D eigenvalue weighted by atomic mass is 9.92. The van der Waals surface area contributed by atoms with E-state index in [0.717, 1.165) is 6.20 Å². The van der Waals surface area contributed by atoms with Crippen molar-refractivity contribution in [1.29, 1.82) is 0 Å². The smallest absolute Gasteiger partial charge is 0.434 e. The van der Waals surface area contributed by atoms with E-state index in [-0.39, 0.29) is 24.3 Å². The normalized spacial score (nSPS) is 12.3. The van der Waals surface area contributed by atoms with Gasteiger partial charge in [-0.15, -0.1) is 0 Å². The molecule has 1 aromatic heterocycles. The van der Waals surface area contributed by atoms with E-state index in [2.05, 4.69) is 14.7 Å². The molecule has 0 bridgehead atoms. The van der Waals surface area contributed by atoms with Crippen molar-refractivity contribution in [2.24, 2.45) is 5.41 Å². The number of hydrogen-bond acceptors (Lipinski definition) is 4. The van der Waals surface area contributed by atoms with Crippen LogP contribution in [0.4, 0.5) is 13.2 Å². The third kappa shape index (κ3) is 4.47. The second kappa shape index (κ2) is 5.76. The Morgan fingerprint density at radius 2 is 1.90 bits per heavy atom. The van der Waals surface area contributed by atoms with E-state index in [9.17, 15) is 18.0 Å². The molecule has 1 heterocycles. The summed E-state index contributed by atoms with van der Waals surface area (Å²) in [6, 6.07) is 0. The fourth-order valence-corrected chi connectivity index (χ4v) is 1.55. The first-order valence-corrected chi connectivity index (χ1v) is 6.15. The first kappa shape index (κ1) is 16.4. The van der Waals surface area contributed by atoms with E-state index in [0.29, 0.717) is 0 Å². The van der Waals surface area contributed by atoms with Crippen molar-refractivity contribution in [2.45, 2.75) is 40.3 Å². The van der Waals surface area contributed by atoms with E-state index in [4.69, 9.17) is 0 Å². The maximum absolute atomic E-state index is 13.0. The van der Waals surface area contributed by atoms with E-state index < -0.39 is 23.4 Å². The number of esters is 1. The summed E-state index contributed by atoms with van der Waals surface area (Å²) in [5.74, 6) is -1.01. The molecule has 20 heavy (non-hydrogen) atoms. The second-order valence-corrected chi connectivity index (χ2v) is 5.50. The predicted molar refractivity (Wildman–Crippen MR) is 66.1 cm³/mol. The standard InChI is InChI=1S/C13H17F3N2O2/c1-5-20-11(19)8-7-17-9(6-12(2,3)4)18-10(8)13(14,15)16/h7H,5-6H2,1-4H3. The number of alkyl halides is 3. The molecular formula is C13H17F3N2O2. The summed E-state index contributed by atoms with van der Waals surface area (Å²) in [6.45, 7) is 7.09. The molecule has 0 aliphatic heterocycles. The van der Waals surface area contributed by atoms with Crippen LogP contribution in [0, 0.1) is 5.41 Å². The highest BCUT2D eigenvalue weighted by Crippen LogP contribution is 2.31. The number of rotatable bonds is 3. The fraction of sp³-hybridized carbons (Fsp3) is 0.615. The summed E-state index contributed by atoms with van der Waals surface area (Å²) < 4.78 is 43.5. The van der Waals surface area contributed by atoms with Crippen molar-refractivity contribution in [3.05, 3.63) is 23.3 Å². The van der Waals surface area contributed by atoms with Crippen molar-refractivity contribution in [3.8, 4) is 0 Å². The van der Waals surface area contributed by atoms with Gasteiger partial charge >= 0.3 is 12.1 Å². The predicted octanol–water partition coefficient (Wildman–Crippen LogP) is 3.26. The Morgan fingerprint density at radius 3 is 2.35 bits per heavy atom. The average molecular weight is 290 g/mol. The Balaban J connectivity index is 3.24. The van der Waals surface area contributed by atoms with Crippen LogP contribution in [-0.2, 0) is 17.3 Å². The van der Waals surface area contributed by atoms with Gasteiger partial charge in [-0.05, 0) is 12.3 Å². The van der Waals surface area contributed by atoms with Crippen molar-refractivity contribution in [1.82, 2.24) is 9.97 Å². The van der Waals surface area contributed by atoms with Crippen molar-refractivity contribution in [2.75, 3.05) is 6.61 Å². The molecule has 0 fully saturated rings. The number of nitrogens with zero attached hydrogens (tertiary/aromatic N) is 2. The highest BCUT2D eigenvalue weighted by molar-refractivity contribution is 5.90. The average Bonchev–Trinajstić information content (AvgIpc) is 2.25. The minimum atomic E-state index is -4.72. The van der Waals surface area contributed by atoms with Crippen LogP contribution < -0.4 is 0 Å². The molecule has 0 spiro atoms. The lowest BCUT2D eigenvalue weighted by molar-refractivity contribution is -0.142. The monoisotopic (exact) mass is 290 g/mol. The quantitative estimate of drug-likeness (QED) is 0.802. The lowest BCUT2D eigenvalue weighted by Crippen LogP contribution is -2.21. The van der Waals surface area contributed by atoms with Gasteiger partial charge in [-0.2, -0.15) is 13.2 Å². The van der Waals surface area contributed by atoms with Crippen LogP contribution in [0.5, 0.6) is 0 Å². The Morgan fingerprint density at radius 1 is 1.30 bits per heavy atom. The first-order chi connectivity index (χ1) is 9.04. The van der Waals surface area contributed by atoms with Crippen molar-refractivity contribution in [3.63, 3.8) is 0 Å². The van der Waals surface area contributed by atoms with E-state index >= 15 is 0 Å². The molecule has 0 saturated carbocycles. The molecule has 112 valence electrons. The Labute approximate surface area is 115 Å². The highest BCUT2D eigenvalue weighted by atomic mass is 19.4. The van der Waals surface area contributed by atoms with Crippen LogP contribution in [0.15, 0.2) is 6.20 Å². The molecule has 0 aliphatic rings. The van der Waals surface area contributed by atoms with Gasteiger partial charge in [-0.1, -0.05) is 20.8 Å². The molecule has 4 nitrogen and oxygen atoms in total. The van der Waals surface area contributed by atoms with Crippen LogP contribution in [0.3, 0.4) is 0 Å². The summed E-state index contributed by atoms with van der Waals surface area (Å²) in [5.41, 5.74) is -2.16. The zero-order valence-corrected chi connectivity index (χ0v) is 11.8. The Bertz CT molecular complexity index is 493. The van der Waals surface area contributed by atoms with Crippen LogP contribution in [0.2, 0.25) is 0 Å². The third-order valence-electron chi connectivity index (χ3n) is 2.29. The van der Waals surface area contributed by atoms with Crippen LogP contribution in [0.25, 0.3) is 0 Å². The number of carbonyl (C=O) groups is 1. The molecular weight excluding hydrogens is 273 g/mol. The lowest BCUT2D eigenvalue weighted by Gasteiger charge is -2.18. The van der Waals surface area contributed by atoms with Gasteiger partial charge in [0, 0.05) is 12.6 Å².